The summed E-state index contributed by atoms with van der Waals surface area (Å²) in [6, 6.07) is 11.7. The van der Waals surface area contributed by atoms with Gasteiger partial charge in [0.05, 0.1) is 23.6 Å². The molecule has 0 aliphatic carbocycles. The molecule has 2 aromatic heterocycles. The van der Waals surface area contributed by atoms with E-state index in [9.17, 15) is 9.59 Å². The van der Waals surface area contributed by atoms with Crippen LogP contribution >= 0.6 is 22.7 Å². The predicted molar refractivity (Wildman–Crippen MR) is 120 cm³/mol. The first-order valence-corrected chi connectivity index (χ1v) is 11.3. The number of nitrogens with zero attached hydrogens (tertiary/aromatic N) is 2. The number of thiazole rings is 1. The molecule has 0 spiro atoms. The van der Waals surface area contributed by atoms with E-state index in [4.69, 9.17) is 4.74 Å². The number of rotatable bonds is 6. The third kappa shape index (κ3) is 4.39. The Balaban J connectivity index is 1.39. The Morgan fingerprint density at radius 3 is 2.63 bits per heavy atom. The van der Waals surface area contributed by atoms with Gasteiger partial charge in [-0.15, -0.1) is 22.7 Å². The van der Waals surface area contributed by atoms with E-state index in [1.165, 1.54) is 16.2 Å². The van der Waals surface area contributed by atoms with Gasteiger partial charge in [-0.25, -0.2) is 4.98 Å². The Morgan fingerprint density at radius 2 is 1.97 bits per heavy atom. The molecule has 156 valence electrons. The number of likely N-dealkylation sites (tertiary alicyclic amines) is 1. The van der Waals surface area contributed by atoms with Crippen molar-refractivity contribution in [3.8, 4) is 16.3 Å². The van der Waals surface area contributed by atoms with Crippen molar-refractivity contribution in [1.82, 2.24) is 9.88 Å². The summed E-state index contributed by atoms with van der Waals surface area (Å²) < 4.78 is 5.17. The van der Waals surface area contributed by atoms with E-state index < -0.39 is 0 Å². The molecule has 2 amide bonds. The second kappa shape index (κ2) is 8.57. The molecule has 1 N–H and O–H groups in total. The molecule has 30 heavy (non-hydrogen) atoms. The lowest BCUT2D eigenvalue weighted by Gasteiger charge is -2.16. The van der Waals surface area contributed by atoms with E-state index >= 15 is 0 Å². The molecule has 0 bridgehead atoms. The molecule has 1 fully saturated rings. The zero-order valence-electron chi connectivity index (χ0n) is 17.1. The average Bonchev–Trinajstić information content (AvgIpc) is 3.41. The maximum absolute atomic E-state index is 12.8. The SMILES string of the molecule is COc1ccc(CN2CC(C(=O)Nc3nc(-c4ccc(C)s4)c(C)s3)CC2=O)cc1. The minimum Gasteiger partial charge on any atom is -0.497 e. The maximum atomic E-state index is 12.8. The molecule has 1 atom stereocenters. The van der Waals surface area contributed by atoms with Gasteiger partial charge in [-0.05, 0) is 43.7 Å². The summed E-state index contributed by atoms with van der Waals surface area (Å²) in [6.07, 6.45) is 0.226. The first kappa shape index (κ1) is 20.6. The highest BCUT2D eigenvalue weighted by Crippen LogP contribution is 2.35. The fourth-order valence-electron chi connectivity index (χ4n) is 3.50. The number of amides is 2. The van der Waals surface area contributed by atoms with Gasteiger partial charge in [0.1, 0.15) is 5.75 Å². The number of methoxy groups -OCH3 is 1. The normalized spacial score (nSPS) is 16.2. The number of aryl methyl sites for hydroxylation is 2. The van der Waals surface area contributed by atoms with Crippen molar-refractivity contribution in [2.75, 3.05) is 19.0 Å². The van der Waals surface area contributed by atoms with E-state index in [-0.39, 0.29) is 24.2 Å². The highest BCUT2D eigenvalue weighted by Gasteiger charge is 2.34. The van der Waals surface area contributed by atoms with Crippen molar-refractivity contribution >= 4 is 39.6 Å². The molecular formula is C22H23N3O3S2. The van der Waals surface area contributed by atoms with Crippen LogP contribution in [0.25, 0.3) is 10.6 Å². The van der Waals surface area contributed by atoms with Gasteiger partial charge in [-0.1, -0.05) is 12.1 Å². The Bertz CT molecular complexity index is 1070. The number of benzene rings is 1. The third-order valence-electron chi connectivity index (χ3n) is 5.12. The molecule has 1 saturated heterocycles. The van der Waals surface area contributed by atoms with Gasteiger partial charge in [0.2, 0.25) is 11.8 Å². The van der Waals surface area contributed by atoms with E-state index in [0.717, 1.165) is 26.8 Å². The molecule has 3 heterocycles. The minimum absolute atomic E-state index is 0.00367. The molecule has 4 rings (SSSR count). The number of anilines is 1. The standard InChI is InChI=1S/C22H23N3O3S2/c1-13-4-9-18(29-13)20-14(2)30-22(23-20)24-21(27)16-10-19(26)25(12-16)11-15-5-7-17(28-3)8-6-15/h4-9,16H,10-12H2,1-3H3,(H,23,24,27). The Hall–Kier alpha value is -2.71. The number of hydrogen-bond acceptors (Lipinski definition) is 6. The van der Waals surface area contributed by atoms with Gasteiger partial charge in [-0.2, -0.15) is 0 Å². The molecule has 1 aliphatic heterocycles. The molecule has 8 heteroatoms. The van der Waals surface area contributed by atoms with Crippen molar-refractivity contribution in [1.29, 1.82) is 0 Å². The summed E-state index contributed by atoms with van der Waals surface area (Å²) in [5.41, 5.74) is 1.92. The maximum Gasteiger partial charge on any atom is 0.231 e. The summed E-state index contributed by atoms with van der Waals surface area (Å²) in [5.74, 6) is 0.256. The van der Waals surface area contributed by atoms with Gasteiger partial charge in [0.25, 0.3) is 0 Å². The van der Waals surface area contributed by atoms with Crippen LogP contribution in [0.2, 0.25) is 0 Å². The van der Waals surface area contributed by atoms with Crippen LogP contribution in [0, 0.1) is 19.8 Å². The van der Waals surface area contributed by atoms with Crippen molar-refractivity contribution < 1.29 is 14.3 Å². The van der Waals surface area contributed by atoms with Crippen molar-refractivity contribution in [2.45, 2.75) is 26.8 Å². The fraction of sp³-hybridized carbons (Fsp3) is 0.318. The van der Waals surface area contributed by atoms with E-state index in [1.807, 2.05) is 31.2 Å². The third-order valence-corrected chi connectivity index (χ3v) is 7.01. The summed E-state index contributed by atoms with van der Waals surface area (Å²) in [4.78, 5) is 34.9. The summed E-state index contributed by atoms with van der Waals surface area (Å²) in [7, 11) is 1.62. The Kier molecular flexibility index (Phi) is 5.87. The quantitative estimate of drug-likeness (QED) is 0.612. The van der Waals surface area contributed by atoms with Crippen LogP contribution in [0.3, 0.4) is 0 Å². The Morgan fingerprint density at radius 1 is 1.20 bits per heavy atom. The largest absolute Gasteiger partial charge is 0.497 e. The van der Waals surface area contributed by atoms with Crippen LogP contribution in [0.15, 0.2) is 36.4 Å². The number of thiophene rings is 1. The molecule has 6 nitrogen and oxygen atoms in total. The van der Waals surface area contributed by atoms with Crippen molar-refractivity contribution in [3.63, 3.8) is 0 Å². The predicted octanol–water partition coefficient (Wildman–Crippen LogP) is 4.48. The number of hydrogen-bond donors (Lipinski definition) is 1. The minimum atomic E-state index is -0.368. The molecule has 0 saturated carbocycles. The van der Waals surface area contributed by atoms with Gasteiger partial charge in [-0.3, -0.25) is 9.59 Å². The fourth-order valence-corrected chi connectivity index (χ4v) is 5.31. The van der Waals surface area contributed by atoms with Crippen molar-refractivity contribution in [2.24, 2.45) is 5.92 Å². The molecule has 1 aliphatic rings. The molecule has 1 aromatic carbocycles. The summed E-state index contributed by atoms with van der Waals surface area (Å²) in [5, 5.41) is 3.50. The Labute approximate surface area is 183 Å². The number of carbonyl (C=O) groups excluding carboxylic acids is 2. The van der Waals surface area contributed by atoms with Crippen LogP contribution in [0.1, 0.15) is 21.7 Å². The van der Waals surface area contributed by atoms with Crippen LogP contribution in [0.4, 0.5) is 5.13 Å². The number of aromatic nitrogens is 1. The van der Waals surface area contributed by atoms with E-state index in [1.54, 1.807) is 23.3 Å². The van der Waals surface area contributed by atoms with Gasteiger partial charge in [0, 0.05) is 29.3 Å². The molecule has 0 radical (unpaired) electrons. The van der Waals surface area contributed by atoms with E-state index in [0.29, 0.717) is 18.2 Å². The first-order valence-electron chi connectivity index (χ1n) is 9.68. The van der Waals surface area contributed by atoms with Crippen LogP contribution < -0.4 is 10.1 Å². The molecular weight excluding hydrogens is 418 g/mol. The lowest BCUT2D eigenvalue weighted by molar-refractivity contribution is -0.128. The molecule has 1 unspecified atom stereocenters. The van der Waals surface area contributed by atoms with Crippen LogP contribution in [-0.4, -0.2) is 35.4 Å². The van der Waals surface area contributed by atoms with Crippen LogP contribution in [0.5, 0.6) is 5.75 Å². The highest BCUT2D eigenvalue weighted by molar-refractivity contribution is 7.18. The monoisotopic (exact) mass is 441 g/mol. The second-order valence-electron chi connectivity index (χ2n) is 7.35. The van der Waals surface area contributed by atoms with Crippen LogP contribution in [-0.2, 0) is 16.1 Å². The lowest BCUT2D eigenvalue weighted by atomic mass is 10.1. The topological polar surface area (TPSA) is 71.5 Å². The van der Waals surface area contributed by atoms with Gasteiger partial charge in [0.15, 0.2) is 5.13 Å². The second-order valence-corrected chi connectivity index (χ2v) is 9.84. The van der Waals surface area contributed by atoms with E-state index in [2.05, 4.69) is 29.4 Å². The zero-order valence-corrected chi connectivity index (χ0v) is 18.7. The molecule has 3 aromatic rings. The number of carbonyl (C=O) groups is 2. The highest BCUT2D eigenvalue weighted by atomic mass is 32.1. The number of nitrogens with one attached hydrogen (secondary N) is 1. The van der Waals surface area contributed by atoms with Crippen molar-refractivity contribution in [3.05, 3.63) is 51.7 Å². The first-order chi connectivity index (χ1) is 14.4. The zero-order chi connectivity index (χ0) is 21.3. The summed E-state index contributed by atoms with van der Waals surface area (Å²) >= 11 is 3.15. The summed E-state index contributed by atoms with van der Waals surface area (Å²) in [6.45, 7) is 4.98. The van der Waals surface area contributed by atoms with Gasteiger partial charge >= 0.3 is 0 Å². The number of ether oxygens (including phenoxy) is 1. The smallest absolute Gasteiger partial charge is 0.231 e. The lowest BCUT2D eigenvalue weighted by Crippen LogP contribution is -2.28. The average molecular weight is 442 g/mol. The van der Waals surface area contributed by atoms with Gasteiger partial charge < -0.3 is 15.0 Å².